The largest absolute Gasteiger partial charge is 0.482 e. The van der Waals surface area contributed by atoms with Gasteiger partial charge in [-0.15, -0.1) is 0 Å². The van der Waals surface area contributed by atoms with E-state index in [4.69, 9.17) is 10.5 Å². The molecule has 0 unspecified atom stereocenters. The van der Waals surface area contributed by atoms with Gasteiger partial charge in [-0.25, -0.2) is 0 Å². The second kappa shape index (κ2) is 7.50. The molecule has 0 atom stereocenters. The summed E-state index contributed by atoms with van der Waals surface area (Å²) in [6.45, 7) is 4.09. The molecule has 0 aliphatic carbocycles. The van der Waals surface area contributed by atoms with Crippen LogP contribution in [-0.4, -0.2) is 12.5 Å². The van der Waals surface area contributed by atoms with Crippen LogP contribution in [0.25, 0.3) is 0 Å². The average Bonchev–Trinajstić information content (AvgIpc) is 2.54. The lowest BCUT2D eigenvalue weighted by Gasteiger charge is -2.15. The van der Waals surface area contributed by atoms with E-state index in [1.807, 2.05) is 30.3 Å². The molecule has 2 rings (SSSR count). The number of para-hydroxylation sites is 3. The van der Waals surface area contributed by atoms with Gasteiger partial charge in [-0.2, -0.15) is 0 Å². The molecule has 0 aliphatic rings. The Labute approximate surface area is 131 Å². The number of hydrogen-bond donors (Lipinski definition) is 2. The molecule has 1 amide bonds. The first-order valence-corrected chi connectivity index (χ1v) is 7.53. The van der Waals surface area contributed by atoms with Crippen LogP contribution in [0.5, 0.6) is 5.75 Å². The fraction of sp³-hybridized carbons (Fsp3) is 0.278. The zero-order valence-electron chi connectivity index (χ0n) is 13.1. The van der Waals surface area contributed by atoms with E-state index in [0.717, 1.165) is 29.7 Å². The highest BCUT2D eigenvalue weighted by Crippen LogP contribution is 2.23. The molecule has 2 aromatic rings. The van der Waals surface area contributed by atoms with Gasteiger partial charge < -0.3 is 15.8 Å². The summed E-state index contributed by atoms with van der Waals surface area (Å²) in [5.74, 6) is 0.344. The number of amides is 1. The highest BCUT2D eigenvalue weighted by Gasteiger charge is 2.11. The maximum atomic E-state index is 12.2. The van der Waals surface area contributed by atoms with Crippen molar-refractivity contribution in [2.45, 2.75) is 26.7 Å². The number of anilines is 2. The van der Waals surface area contributed by atoms with Crippen LogP contribution in [0.15, 0.2) is 42.5 Å². The van der Waals surface area contributed by atoms with Gasteiger partial charge in [-0.3, -0.25) is 4.79 Å². The Balaban J connectivity index is 2.05. The first kappa shape index (κ1) is 15.9. The smallest absolute Gasteiger partial charge is 0.262 e. The van der Waals surface area contributed by atoms with Gasteiger partial charge in [-0.05, 0) is 36.1 Å². The lowest BCUT2D eigenvalue weighted by atomic mass is 10.0. The van der Waals surface area contributed by atoms with Crippen molar-refractivity contribution in [3.8, 4) is 5.75 Å². The van der Waals surface area contributed by atoms with Crippen molar-refractivity contribution < 1.29 is 9.53 Å². The quantitative estimate of drug-likeness (QED) is 0.803. The summed E-state index contributed by atoms with van der Waals surface area (Å²) in [6, 6.07) is 13.2. The molecule has 0 saturated heterocycles. The van der Waals surface area contributed by atoms with E-state index in [9.17, 15) is 4.79 Å². The first-order valence-electron chi connectivity index (χ1n) is 7.53. The number of ether oxygens (including phenoxy) is 1. The number of nitrogen functional groups attached to an aromatic ring is 1. The number of hydrogen-bond acceptors (Lipinski definition) is 3. The van der Waals surface area contributed by atoms with Crippen LogP contribution in [0.1, 0.15) is 25.0 Å². The van der Waals surface area contributed by atoms with Crippen molar-refractivity contribution in [2.24, 2.45) is 0 Å². The van der Waals surface area contributed by atoms with E-state index >= 15 is 0 Å². The molecule has 0 radical (unpaired) electrons. The van der Waals surface area contributed by atoms with Crippen LogP contribution in [0.4, 0.5) is 11.4 Å². The van der Waals surface area contributed by atoms with Gasteiger partial charge in [-0.1, -0.05) is 44.2 Å². The maximum absolute atomic E-state index is 12.2. The van der Waals surface area contributed by atoms with Crippen LogP contribution in [-0.2, 0) is 17.6 Å². The second-order valence-electron chi connectivity index (χ2n) is 5.03. The van der Waals surface area contributed by atoms with Crippen LogP contribution < -0.4 is 15.8 Å². The monoisotopic (exact) mass is 298 g/mol. The van der Waals surface area contributed by atoms with E-state index in [2.05, 4.69) is 19.2 Å². The molecular weight excluding hydrogens is 276 g/mol. The molecular formula is C18H22N2O2. The topological polar surface area (TPSA) is 64.3 Å². The van der Waals surface area contributed by atoms with E-state index in [1.165, 1.54) is 0 Å². The predicted molar refractivity (Wildman–Crippen MR) is 90.2 cm³/mol. The van der Waals surface area contributed by atoms with Crippen LogP contribution in [0.2, 0.25) is 0 Å². The summed E-state index contributed by atoms with van der Waals surface area (Å²) >= 11 is 0. The number of nitrogens with two attached hydrogens (primary N) is 1. The Morgan fingerprint density at radius 1 is 1.05 bits per heavy atom. The normalized spacial score (nSPS) is 10.3. The Morgan fingerprint density at radius 2 is 1.68 bits per heavy atom. The van der Waals surface area contributed by atoms with Crippen molar-refractivity contribution >= 4 is 17.3 Å². The van der Waals surface area contributed by atoms with Gasteiger partial charge in [0.05, 0.1) is 5.69 Å². The van der Waals surface area contributed by atoms with Crippen molar-refractivity contribution in [3.63, 3.8) is 0 Å². The van der Waals surface area contributed by atoms with E-state index in [-0.39, 0.29) is 12.5 Å². The molecule has 0 saturated carbocycles. The number of rotatable bonds is 6. The Kier molecular flexibility index (Phi) is 5.42. The molecule has 4 heteroatoms. The van der Waals surface area contributed by atoms with Crippen LogP contribution >= 0.6 is 0 Å². The Bertz CT molecular complexity index is 631. The third kappa shape index (κ3) is 3.79. The summed E-state index contributed by atoms with van der Waals surface area (Å²) in [6.07, 6.45) is 1.74. The molecule has 3 N–H and O–H groups in total. The minimum absolute atomic E-state index is 0.0601. The highest BCUT2D eigenvalue weighted by molar-refractivity contribution is 5.93. The average molecular weight is 298 g/mol. The molecule has 0 fully saturated rings. The number of carbonyl (C=O) groups excluding carboxylic acids is 1. The number of aryl methyl sites for hydroxylation is 2. The summed E-state index contributed by atoms with van der Waals surface area (Å²) in [7, 11) is 0. The Morgan fingerprint density at radius 3 is 2.27 bits per heavy atom. The van der Waals surface area contributed by atoms with Gasteiger partial charge in [0.1, 0.15) is 5.75 Å². The van der Waals surface area contributed by atoms with Gasteiger partial charge >= 0.3 is 0 Å². The zero-order valence-corrected chi connectivity index (χ0v) is 13.1. The number of carbonyl (C=O) groups is 1. The summed E-state index contributed by atoms with van der Waals surface area (Å²) in [4.78, 5) is 12.2. The molecule has 0 heterocycles. The fourth-order valence-electron chi connectivity index (χ4n) is 2.33. The lowest BCUT2D eigenvalue weighted by Crippen LogP contribution is -2.22. The van der Waals surface area contributed by atoms with Gasteiger partial charge in [0.2, 0.25) is 0 Å². The lowest BCUT2D eigenvalue weighted by molar-refractivity contribution is -0.118. The molecule has 4 nitrogen and oxygen atoms in total. The molecule has 116 valence electrons. The van der Waals surface area contributed by atoms with Crippen LogP contribution in [0, 0.1) is 0 Å². The predicted octanol–water partition coefficient (Wildman–Crippen LogP) is 3.41. The van der Waals surface area contributed by atoms with Gasteiger partial charge in [0.15, 0.2) is 6.61 Å². The number of nitrogens with one attached hydrogen (secondary N) is 1. The van der Waals surface area contributed by atoms with E-state index < -0.39 is 0 Å². The van der Waals surface area contributed by atoms with Crippen molar-refractivity contribution in [1.82, 2.24) is 0 Å². The third-order valence-electron chi connectivity index (χ3n) is 3.54. The third-order valence-corrected chi connectivity index (χ3v) is 3.54. The second-order valence-corrected chi connectivity index (χ2v) is 5.03. The van der Waals surface area contributed by atoms with Gasteiger partial charge in [0, 0.05) is 5.69 Å². The Hall–Kier alpha value is -2.49. The molecule has 2 aromatic carbocycles. The summed E-state index contributed by atoms with van der Waals surface area (Å²) < 4.78 is 5.48. The molecule has 0 aromatic heterocycles. The van der Waals surface area contributed by atoms with Crippen molar-refractivity contribution in [2.75, 3.05) is 17.7 Å². The fourth-order valence-corrected chi connectivity index (χ4v) is 2.33. The minimum Gasteiger partial charge on any atom is -0.482 e. The summed E-state index contributed by atoms with van der Waals surface area (Å²) in [5, 5.41) is 2.97. The van der Waals surface area contributed by atoms with E-state index in [1.54, 1.807) is 12.1 Å². The molecule has 0 bridgehead atoms. The molecule has 0 spiro atoms. The summed E-state index contributed by atoms with van der Waals surface area (Å²) in [5.41, 5.74) is 9.49. The SMILES string of the molecule is CCc1cccc(CC)c1NC(=O)COc1ccccc1N. The zero-order chi connectivity index (χ0) is 15.9. The highest BCUT2D eigenvalue weighted by atomic mass is 16.5. The molecule has 22 heavy (non-hydrogen) atoms. The molecule has 0 aliphatic heterocycles. The minimum atomic E-state index is -0.182. The van der Waals surface area contributed by atoms with E-state index in [0.29, 0.717) is 11.4 Å². The van der Waals surface area contributed by atoms with Crippen LogP contribution in [0.3, 0.4) is 0 Å². The first-order chi connectivity index (χ1) is 10.7. The van der Waals surface area contributed by atoms with Crippen molar-refractivity contribution in [3.05, 3.63) is 53.6 Å². The van der Waals surface area contributed by atoms with Gasteiger partial charge in [0.25, 0.3) is 5.91 Å². The van der Waals surface area contributed by atoms with Crippen molar-refractivity contribution in [1.29, 1.82) is 0 Å². The standard InChI is InChI=1S/C18H22N2O2/c1-3-13-8-7-9-14(4-2)18(13)20-17(21)12-22-16-11-6-5-10-15(16)19/h5-11H,3-4,12,19H2,1-2H3,(H,20,21). The maximum Gasteiger partial charge on any atom is 0.262 e. The number of benzene rings is 2.